The average Bonchev–Trinajstić information content (AvgIpc) is 3.21. The quantitative estimate of drug-likeness (QED) is 0.498. The minimum atomic E-state index is -0.676. The summed E-state index contributed by atoms with van der Waals surface area (Å²) in [6.45, 7) is 1.14. The molecule has 1 amide bonds. The first-order chi connectivity index (χ1) is 14.5. The van der Waals surface area contributed by atoms with E-state index in [1.165, 1.54) is 0 Å². The first-order valence-electron chi connectivity index (χ1n) is 9.73. The van der Waals surface area contributed by atoms with Crippen molar-refractivity contribution in [1.82, 2.24) is 0 Å². The van der Waals surface area contributed by atoms with Crippen LogP contribution in [-0.2, 0) is 27.2 Å². The summed E-state index contributed by atoms with van der Waals surface area (Å²) in [6.07, 6.45) is 2.55. The van der Waals surface area contributed by atoms with Gasteiger partial charge in [-0.2, -0.15) is 0 Å². The number of carbonyl (C=O) groups is 2. The molecule has 1 aliphatic carbocycles. The summed E-state index contributed by atoms with van der Waals surface area (Å²) >= 11 is 0. The van der Waals surface area contributed by atoms with Crippen molar-refractivity contribution in [2.24, 2.45) is 0 Å². The lowest BCUT2D eigenvalue weighted by Gasteiger charge is -2.09. The average molecular weight is 407 g/mol. The van der Waals surface area contributed by atoms with Crippen LogP contribution >= 0.6 is 0 Å². The van der Waals surface area contributed by atoms with Crippen LogP contribution in [0, 0.1) is 6.92 Å². The van der Waals surface area contributed by atoms with Gasteiger partial charge in [-0.3, -0.25) is 4.79 Å². The topological polar surface area (TPSA) is 94.8 Å². The Hall–Kier alpha value is -3.61. The minimum Gasteiger partial charge on any atom is -0.482 e. The zero-order valence-electron chi connectivity index (χ0n) is 16.5. The van der Waals surface area contributed by atoms with E-state index in [-0.39, 0.29) is 12.2 Å². The molecule has 0 unspecified atom stereocenters. The molecule has 1 aromatic heterocycles. The highest BCUT2D eigenvalue weighted by atomic mass is 16.6. The lowest BCUT2D eigenvalue weighted by atomic mass is 10.1. The van der Waals surface area contributed by atoms with Gasteiger partial charge in [0.2, 0.25) is 0 Å². The SMILES string of the molecule is Cc1cccc(NC(=O)COC(=O)COc2ccc3c4c(c(=O)oc3c2)CCC4)c1. The highest BCUT2D eigenvalue weighted by Crippen LogP contribution is 2.29. The second-order valence-electron chi connectivity index (χ2n) is 7.23. The first-order valence-corrected chi connectivity index (χ1v) is 9.73. The number of hydrogen-bond donors (Lipinski definition) is 1. The number of nitrogens with one attached hydrogen (secondary N) is 1. The number of benzene rings is 2. The van der Waals surface area contributed by atoms with E-state index < -0.39 is 18.5 Å². The molecule has 4 rings (SSSR count). The number of aryl methyl sites for hydroxylation is 2. The van der Waals surface area contributed by atoms with Crippen molar-refractivity contribution in [3.05, 3.63) is 69.6 Å². The van der Waals surface area contributed by atoms with Crippen molar-refractivity contribution in [1.29, 1.82) is 0 Å². The summed E-state index contributed by atoms with van der Waals surface area (Å²) in [5.41, 5.74) is 3.55. The van der Waals surface area contributed by atoms with E-state index in [9.17, 15) is 14.4 Å². The molecule has 0 fully saturated rings. The van der Waals surface area contributed by atoms with Crippen LogP contribution in [-0.4, -0.2) is 25.1 Å². The molecule has 1 N–H and O–H groups in total. The third-order valence-corrected chi connectivity index (χ3v) is 4.97. The van der Waals surface area contributed by atoms with Crippen molar-refractivity contribution in [3.63, 3.8) is 0 Å². The van der Waals surface area contributed by atoms with Crippen LogP contribution in [0.1, 0.15) is 23.1 Å². The molecule has 0 saturated heterocycles. The van der Waals surface area contributed by atoms with Crippen LogP contribution in [0.5, 0.6) is 5.75 Å². The van der Waals surface area contributed by atoms with Gasteiger partial charge < -0.3 is 19.2 Å². The molecule has 0 aliphatic heterocycles. The third-order valence-electron chi connectivity index (χ3n) is 4.97. The number of fused-ring (bicyclic) bond motifs is 3. The Labute approximate surface area is 172 Å². The molecular formula is C23H21NO6. The Morgan fingerprint density at radius 3 is 2.73 bits per heavy atom. The molecule has 0 radical (unpaired) electrons. The maximum absolute atomic E-state index is 12.1. The minimum absolute atomic E-state index is 0.314. The van der Waals surface area contributed by atoms with Gasteiger partial charge in [0.15, 0.2) is 13.2 Å². The molecule has 2 aromatic carbocycles. The molecule has 7 nitrogen and oxygen atoms in total. The fourth-order valence-corrected chi connectivity index (χ4v) is 3.60. The predicted molar refractivity (Wildman–Crippen MR) is 111 cm³/mol. The van der Waals surface area contributed by atoms with Crippen molar-refractivity contribution in [2.75, 3.05) is 18.5 Å². The second-order valence-corrected chi connectivity index (χ2v) is 7.23. The summed E-state index contributed by atoms with van der Waals surface area (Å²) in [7, 11) is 0. The fraction of sp³-hybridized carbons (Fsp3) is 0.261. The van der Waals surface area contributed by atoms with Gasteiger partial charge in [-0.1, -0.05) is 12.1 Å². The van der Waals surface area contributed by atoms with E-state index in [2.05, 4.69) is 5.32 Å². The monoisotopic (exact) mass is 407 g/mol. The molecule has 7 heteroatoms. The molecular weight excluding hydrogens is 386 g/mol. The van der Waals surface area contributed by atoms with E-state index in [1.54, 1.807) is 18.2 Å². The number of rotatable bonds is 6. The Morgan fingerprint density at radius 2 is 1.90 bits per heavy atom. The van der Waals surface area contributed by atoms with E-state index in [4.69, 9.17) is 13.9 Å². The first kappa shape index (κ1) is 19.7. The summed E-state index contributed by atoms with van der Waals surface area (Å²) < 4.78 is 15.8. The van der Waals surface area contributed by atoms with E-state index in [0.717, 1.165) is 41.3 Å². The van der Waals surface area contributed by atoms with Gasteiger partial charge in [0.1, 0.15) is 11.3 Å². The lowest BCUT2D eigenvalue weighted by Crippen LogP contribution is -2.23. The van der Waals surface area contributed by atoms with Crippen molar-refractivity contribution < 1.29 is 23.5 Å². The van der Waals surface area contributed by atoms with Crippen molar-refractivity contribution in [2.45, 2.75) is 26.2 Å². The summed E-state index contributed by atoms with van der Waals surface area (Å²) in [4.78, 5) is 35.9. The van der Waals surface area contributed by atoms with Crippen LogP contribution < -0.4 is 15.7 Å². The van der Waals surface area contributed by atoms with E-state index in [1.807, 2.05) is 31.2 Å². The van der Waals surface area contributed by atoms with Gasteiger partial charge in [0.25, 0.3) is 5.91 Å². The Kier molecular flexibility index (Phi) is 5.52. The number of hydrogen-bond acceptors (Lipinski definition) is 6. The molecule has 3 aromatic rings. The van der Waals surface area contributed by atoms with Gasteiger partial charge in [0, 0.05) is 22.7 Å². The Morgan fingerprint density at radius 1 is 1.07 bits per heavy atom. The van der Waals surface area contributed by atoms with Crippen molar-refractivity contribution in [3.8, 4) is 5.75 Å². The molecule has 0 saturated carbocycles. The van der Waals surface area contributed by atoms with Gasteiger partial charge in [0.05, 0.1) is 0 Å². The van der Waals surface area contributed by atoms with Crippen LogP contribution in [0.3, 0.4) is 0 Å². The lowest BCUT2D eigenvalue weighted by molar-refractivity contribution is -0.149. The smallest absolute Gasteiger partial charge is 0.344 e. The van der Waals surface area contributed by atoms with Gasteiger partial charge in [-0.05, 0) is 61.6 Å². The van der Waals surface area contributed by atoms with Crippen LogP contribution in [0.2, 0.25) is 0 Å². The van der Waals surface area contributed by atoms with E-state index in [0.29, 0.717) is 17.0 Å². The summed E-state index contributed by atoms with van der Waals surface area (Å²) in [5.74, 6) is -0.732. The number of ether oxygens (including phenoxy) is 2. The predicted octanol–water partition coefficient (Wildman–Crippen LogP) is 3.15. The molecule has 1 aliphatic rings. The Balaban J connectivity index is 1.31. The van der Waals surface area contributed by atoms with Gasteiger partial charge in [-0.25, -0.2) is 9.59 Å². The maximum Gasteiger partial charge on any atom is 0.344 e. The van der Waals surface area contributed by atoms with Gasteiger partial charge in [-0.15, -0.1) is 0 Å². The highest BCUT2D eigenvalue weighted by Gasteiger charge is 2.19. The zero-order chi connectivity index (χ0) is 21.1. The number of amides is 1. The fourth-order valence-electron chi connectivity index (χ4n) is 3.60. The molecule has 1 heterocycles. The highest BCUT2D eigenvalue weighted by molar-refractivity contribution is 5.93. The standard InChI is InChI=1S/C23H21NO6/c1-14-4-2-5-15(10-14)24-21(25)12-29-22(26)13-28-16-8-9-18-17-6-3-7-19(17)23(27)30-20(18)11-16/h2,4-5,8-11H,3,6-7,12-13H2,1H3,(H,24,25). The van der Waals surface area contributed by atoms with Crippen LogP contribution in [0.4, 0.5) is 5.69 Å². The third kappa shape index (κ3) is 4.35. The largest absolute Gasteiger partial charge is 0.482 e. The maximum atomic E-state index is 12.1. The number of carbonyl (C=O) groups excluding carboxylic acids is 2. The Bertz CT molecular complexity index is 1180. The van der Waals surface area contributed by atoms with E-state index >= 15 is 0 Å². The number of anilines is 1. The molecule has 154 valence electrons. The van der Waals surface area contributed by atoms with Crippen LogP contribution in [0.25, 0.3) is 11.0 Å². The molecule has 0 atom stereocenters. The number of esters is 1. The second kappa shape index (κ2) is 8.41. The summed E-state index contributed by atoms with van der Waals surface area (Å²) in [5, 5.41) is 3.55. The molecule has 0 bridgehead atoms. The zero-order valence-corrected chi connectivity index (χ0v) is 16.5. The van der Waals surface area contributed by atoms with Crippen LogP contribution in [0.15, 0.2) is 51.7 Å². The van der Waals surface area contributed by atoms with Gasteiger partial charge >= 0.3 is 11.6 Å². The molecule has 0 spiro atoms. The summed E-state index contributed by atoms with van der Waals surface area (Å²) in [6, 6.07) is 12.5. The van der Waals surface area contributed by atoms with Crippen molar-refractivity contribution >= 4 is 28.5 Å². The molecule has 30 heavy (non-hydrogen) atoms. The normalized spacial score (nSPS) is 12.4.